The van der Waals surface area contributed by atoms with E-state index >= 15 is 0 Å². The number of aromatic amines is 1. The van der Waals surface area contributed by atoms with Gasteiger partial charge in [0.05, 0.1) is 33.0 Å². The summed E-state index contributed by atoms with van der Waals surface area (Å²) in [4.78, 5) is 3.26. The van der Waals surface area contributed by atoms with Crippen LogP contribution in [0.3, 0.4) is 0 Å². The van der Waals surface area contributed by atoms with Crippen molar-refractivity contribution in [3.8, 4) is 45.6 Å². The molecular weight excluding hydrogens is 364 g/mol. The standard InChI is InChI=1S/C24H20N2O3/c1-27-22-11-18(12-23(28-2)24(22)29-3)16-5-4-6-17(10-16)20-14-26-21-9-15(13-25)7-8-19(20)21/h4-12,14,26H,1-3H3. The lowest BCUT2D eigenvalue weighted by atomic mass is 9.98. The molecule has 1 aromatic heterocycles. The lowest BCUT2D eigenvalue weighted by molar-refractivity contribution is 0.324. The zero-order valence-electron chi connectivity index (χ0n) is 16.4. The normalized spacial score (nSPS) is 10.6. The van der Waals surface area contributed by atoms with Crippen LogP contribution >= 0.6 is 0 Å². The Hall–Kier alpha value is -3.91. The lowest BCUT2D eigenvalue weighted by Gasteiger charge is -2.14. The molecule has 0 saturated heterocycles. The van der Waals surface area contributed by atoms with E-state index in [0.29, 0.717) is 22.8 Å². The summed E-state index contributed by atoms with van der Waals surface area (Å²) in [5.74, 6) is 1.80. The molecule has 0 radical (unpaired) electrons. The summed E-state index contributed by atoms with van der Waals surface area (Å²) in [5, 5.41) is 10.2. The van der Waals surface area contributed by atoms with Crippen LogP contribution in [0.15, 0.2) is 60.8 Å². The molecule has 5 heteroatoms. The smallest absolute Gasteiger partial charge is 0.203 e. The Labute approximate surface area is 169 Å². The minimum atomic E-state index is 0.569. The second kappa shape index (κ2) is 7.61. The van der Waals surface area contributed by atoms with Gasteiger partial charge in [-0.2, -0.15) is 5.26 Å². The highest BCUT2D eigenvalue weighted by atomic mass is 16.5. The fourth-order valence-electron chi connectivity index (χ4n) is 3.55. The van der Waals surface area contributed by atoms with Crippen LogP contribution in [0.25, 0.3) is 33.2 Å². The molecule has 0 spiro atoms. The Morgan fingerprint density at radius 1 is 0.793 bits per heavy atom. The fourth-order valence-corrected chi connectivity index (χ4v) is 3.55. The molecule has 5 nitrogen and oxygen atoms in total. The van der Waals surface area contributed by atoms with E-state index in [2.05, 4.69) is 23.2 Å². The monoisotopic (exact) mass is 384 g/mol. The minimum absolute atomic E-state index is 0.569. The predicted molar refractivity (Wildman–Crippen MR) is 114 cm³/mol. The van der Waals surface area contributed by atoms with Gasteiger partial charge >= 0.3 is 0 Å². The number of fused-ring (bicyclic) bond motifs is 1. The van der Waals surface area contributed by atoms with Crippen LogP contribution in [0.2, 0.25) is 0 Å². The van der Waals surface area contributed by atoms with E-state index < -0.39 is 0 Å². The van der Waals surface area contributed by atoms with E-state index in [0.717, 1.165) is 33.2 Å². The van der Waals surface area contributed by atoms with Gasteiger partial charge in [0.25, 0.3) is 0 Å². The Balaban J connectivity index is 1.82. The maximum atomic E-state index is 9.11. The Bertz CT molecular complexity index is 1210. The van der Waals surface area contributed by atoms with Crippen LogP contribution < -0.4 is 14.2 Å². The molecule has 0 atom stereocenters. The number of H-pyrrole nitrogens is 1. The fraction of sp³-hybridized carbons (Fsp3) is 0.125. The van der Waals surface area contributed by atoms with Crippen molar-refractivity contribution in [2.24, 2.45) is 0 Å². The van der Waals surface area contributed by atoms with Gasteiger partial charge in [-0.25, -0.2) is 0 Å². The summed E-state index contributed by atoms with van der Waals surface area (Å²) in [6, 6.07) is 20.0. The SMILES string of the molecule is COc1cc(-c2cccc(-c3c[nH]c4cc(C#N)ccc34)c2)cc(OC)c1OC. The topological polar surface area (TPSA) is 67.3 Å². The summed E-state index contributed by atoms with van der Waals surface area (Å²) in [5.41, 5.74) is 5.73. The van der Waals surface area contributed by atoms with E-state index in [4.69, 9.17) is 19.5 Å². The largest absolute Gasteiger partial charge is 0.493 e. The van der Waals surface area contributed by atoms with Gasteiger partial charge in [0, 0.05) is 22.7 Å². The first-order valence-electron chi connectivity index (χ1n) is 9.10. The summed E-state index contributed by atoms with van der Waals surface area (Å²) < 4.78 is 16.4. The Morgan fingerprint density at radius 3 is 2.17 bits per heavy atom. The van der Waals surface area contributed by atoms with Gasteiger partial charge in [0.2, 0.25) is 5.75 Å². The van der Waals surface area contributed by atoms with Gasteiger partial charge in [-0.15, -0.1) is 0 Å². The number of aromatic nitrogens is 1. The zero-order chi connectivity index (χ0) is 20.4. The summed E-state index contributed by atoms with van der Waals surface area (Å²) >= 11 is 0. The third-order valence-corrected chi connectivity index (χ3v) is 4.98. The third-order valence-electron chi connectivity index (χ3n) is 4.98. The Morgan fingerprint density at radius 2 is 1.52 bits per heavy atom. The first kappa shape index (κ1) is 18.5. The van der Waals surface area contributed by atoms with Crippen molar-refractivity contribution < 1.29 is 14.2 Å². The molecule has 0 aliphatic rings. The molecule has 0 bridgehead atoms. The second-order valence-electron chi connectivity index (χ2n) is 6.57. The van der Waals surface area contributed by atoms with E-state index in [1.807, 2.05) is 48.7 Å². The van der Waals surface area contributed by atoms with Crippen molar-refractivity contribution in [1.29, 1.82) is 5.26 Å². The highest BCUT2D eigenvalue weighted by Crippen LogP contribution is 2.42. The van der Waals surface area contributed by atoms with E-state index in [1.165, 1.54) is 0 Å². The lowest BCUT2D eigenvalue weighted by Crippen LogP contribution is -1.95. The molecular formula is C24H20N2O3. The van der Waals surface area contributed by atoms with Gasteiger partial charge < -0.3 is 19.2 Å². The van der Waals surface area contributed by atoms with E-state index in [1.54, 1.807) is 21.3 Å². The number of nitrogens with one attached hydrogen (secondary N) is 1. The number of methoxy groups -OCH3 is 3. The molecule has 3 aromatic carbocycles. The van der Waals surface area contributed by atoms with E-state index in [-0.39, 0.29) is 0 Å². The first-order valence-corrected chi connectivity index (χ1v) is 9.10. The van der Waals surface area contributed by atoms with Gasteiger partial charge in [0.1, 0.15) is 0 Å². The van der Waals surface area contributed by atoms with Crippen LogP contribution in [-0.2, 0) is 0 Å². The van der Waals surface area contributed by atoms with Gasteiger partial charge in [0.15, 0.2) is 11.5 Å². The van der Waals surface area contributed by atoms with Gasteiger partial charge in [-0.3, -0.25) is 0 Å². The molecule has 0 amide bonds. The summed E-state index contributed by atoms with van der Waals surface area (Å²) in [6.45, 7) is 0. The van der Waals surface area contributed by atoms with Gasteiger partial charge in [-0.05, 0) is 47.0 Å². The summed E-state index contributed by atoms with van der Waals surface area (Å²) in [6.07, 6.45) is 1.97. The highest BCUT2D eigenvalue weighted by Gasteiger charge is 2.15. The van der Waals surface area contributed by atoms with Crippen molar-refractivity contribution in [2.75, 3.05) is 21.3 Å². The molecule has 1 heterocycles. The number of hydrogen-bond donors (Lipinski definition) is 1. The Kier molecular flexibility index (Phi) is 4.84. The summed E-state index contributed by atoms with van der Waals surface area (Å²) in [7, 11) is 4.81. The predicted octanol–water partition coefficient (Wildman–Crippen LogP) is 5.40. The maximum Gasteiger partial charge on any atom is 0.203 e. The molecule has 144 valence electrons. The van der Waals surface area contributed by atoms with Crippen molar-refractivity contribution in [3.05, 3.63) is 66.4 Å². The van der Waals surface area contributed by atoms with Crippen LogP contribution in [0.4, 0.5) is 0 Å². The molecule has 4 rings (SSSR count). The molecule has 0 aliphatic carbocycles. The number of ether oxygens (including phenoxy) is 3. The second-order valence-corrected chi connectivity index (χ2v) is 6.57. The molecule has 0 fully saturated rings. The highest BCUT2D eigenvalue weighted by molar-refractivity contribution is 5.96. The number of rotatable bonds is 5. The van der Waals surface area contributed by atoms with Crippen molar-refractivity contribution in [3.63, 3.8) is 0 Å². The quantitative estimate of drug-likeness (QED) is 0.500. The van der Waals surface area contributed by atoms with E-state index in [9.17, 15) is 0 Å². The van der Waals surface area contributed by atoms with Crippen molar-refractivity contribution in [2.45, 2.75) is 0 Å². The number of nitrogens with zero attached hydrogens (tertiary/aromatic N) is 1. The molecule has 4 aromatic rings. The van der Waals surface area contributed by atoms with Crippen molar-refractivity contribution >= 4 is 10.9 Å². The zero-order valence-corrected chi connectivity index (χ0v) is 16.4. The number of benzene rings is 3. The average molecular weight is 384 g/mol. The number of hydrogen-bond acceptors (Lipinski definition) is 4. The molecule has 0 saturated carbocycles. The molecule has 29 heavy (non-hydrogen) atoms. The molecule has 1 N–H and O–H groups in total. The molecule has 0 unspecified atom stereocenters. The van der Waals surface area contributed by atoms with Crippen LogP contribution in [0, 0.1) is 11.3 Å². The van der Waals surface area contributed by atoms with Crippen molar-refractivity contribution in [1.82, 2.24) is 4.98 Å². The maximum absolute atomic E-state index is 9.11. The first-order chi connectivity index (χ1) is 14.2. The number of nitriles is 1. The minimum Gasteiger partial charge on any atom is -0.493 e. The van der Waals surface area contributed by atoms with Crippen LogP contribution in [0.5, 0.6) is 17.2 Å². The molecule has 0 aliphatic heterocycles. The average Bonchev–Trinajstić information content (AvgIpc) is 3.21. The van der Waals surface area contributed by atoms with Crippen LogP contribution in [-0.4, -0.2) is 26.3 Å². The van der Waals surface area contributed by atoms with Gasteiger partial charge in [-0.1, -0.05) is 24.3 Å². The third kappa shape index (κ3) is 3.26. The van der Waals surface area contributed by atoms with Crippen LogP contribution in [0.1, 0.15) is 5.56 Å².